The van der Waals surface area contributed by atoms with E-state index in [4.69, 9.17) is 4.42 Å². The van der Waals surface area contributed by atoms with Crippen LogP contribution in [0.1, 0.15) is 43.1 Å². The van der Waals surface area contributed by atoms with Gasteiger partial charge >= 0.3 is 5.63 Å². The van der Waals surface area contributed by atoms with E-state index in [0.29, 0.717) is 10.2 Å². The minimum atomic E-state index is -0.341. The molecule has 1 aromatic carbocycles. The summed E-state index contributed by atoms with van der Waals surface area (Å²) in [6, 6.07) is 11.5. The molecule has 0 aliphatic heterocycles. The third-order valence-corrected chi connectivity index (χ3v) is 3.66. The lowest BCUT2D eigenvalue weighted by Crippen LogP contribution is -2.04. The minimum absolute atomic E-state index is 0.341. The van der Waals surface area contributed by atoms with Crippen molar-refractivity contribution in [3.05, 3.63) is 68.2 Å². The van der Waals surface area contributed by atoms with Gasteiger partial charge in [-0.3, -0.25) is 0 Å². The number of unbranched alkanes of at least 4 members (excludes halogenated alkanes) is 2. The van der Waals surface area contributed by atoms with E-state index >= 15 is 0 Å². The molecular formula is C18H17BrO2. The molecule has 0 N–H and O–H groups in total. The standard InChI is InChI=1S/C18H17BrO2/c1-2-3-5-10-17-15(13-16(19)18(20)21-17)12-11-14-8-6-4-7-9-14/h4,6-9,13H,2-3,5,10H2,1H3. The summed E-state index contributed by atoms with van der Waals surface area (Å²) in [4.78, 5) is 11.6. The zero-order valence-electron chi connectivity index (χ0n) is 12.0. The van der Waals surface area contributed by atoms with Crippen molar-refractivity contribution >= 4 is 15.9 Å². The molecule has 1 heterocycles. The molecule has 3 heteroatoms. The Balaban J connectivity index is 2.31. The molecule has 0 bridgehead atoms. The largest absolute Gasteiger partial charge is 0.426 e. The van der Waals surface area contributed by atoms with Gasteiger partial charge in [-0.15, -0.1) is 0 Å². The maximum atomic E-state index is 11.6. The van der Waals surface area contributed by atoms with Crippen molar-refractivity contribution in [2.75, 3.05) is 0 Å². The number of halogens is 1. The first-order valence-corrected chi connectivity index (χ1v) is 7.89. The van der Waals surface area contributed by atoms with Crippen molar-refractivity contribution in [3.63, 3.8) is 0 Å². The average Bonchev–Trinajstić information content (AvgIpc) is 2.50. The number of rotatable bonds is 4. The summed E-state index contributed by atoms with van der Waals surface area (Å²) in [5.41, 5.74) is 1.38. The number of aryl methyl sites for hydroxylation is 1. The normalized spacial score (nSPS) is 10.0. The topological polar surface area (TPSA) is 30.2 Å². The fourth-order valence-electron chi connectivity index (χ4n) is 1.97. The highest BCUT2D eigenvalue weighted by atomic mass is 79.9. The minimum Gasteiger partial charge on any atom is -0.426 e. The van der Waals surface area contributed by atoms with Gasteiger partial charge in [0.15, 0.2) is 0 Å². The Bertz CT molecular complexity index is 705. The van der Waals surface area contributed by atoms with Crippen LogP contribution in [0.3, 0.4) is 0 Å². The highest BCUT2D eigenvalue weighted by molar-refractivity contribution is 9.10. The van der Waals surface area contributed by atoms with E-state index in [-0.39, 0.29) is 5.63 Å². The fourth-order valence-corrected chi connectivity index (χ4v) is 2.28. The molecule has 0 aliphatic rings. The second-order valence-corrected chi connectivity index (χ2v) is 5.65. The molecule has 1 aromatic heterocycles. The van der Waals surface area contributed by atoms with Crippen molar-refractivity contribution in [3.8, 4) is 11.8 Å². The van der Waals surface area contributed by atoms with Crippen molar-refractivity contribution in [2.45, 2.75) is 32.6 Å². The predicted octanol–water partition coefficient (Wildman–Crippen LogP) is 4.53. The van der Waals surface area contributed by atoms with E-state index in [0.717, 1.165) is 36.8 Å². The molecule has 2 nitrogen and oxygen atoms in total. The van der Waals surface area contributed by atoms with Crippen LogP contribution in [0.25, 0.3) is 0 Å². The Hall–Kier alpha value is -1.79. The fraction of sp³-hybridized carbons (Fsp3) is 0.278. The van der Waals surface area contributed by atoms with Crippen molar-refractivity contribution in [2.24, 2.45) is 0 Å². The molecule has 108 valence electrons. The van der Waals surface area contributed by atoms with E-state index in [9.17, 15) is 4.79 Å². The maximum Gasteiger partial charge on any atom is 0.350 e. The summed E-state index contributed by atoms with van der Waals surface area (Å²) < 4.78 is 5.79. The Labute approximate surface area is 133 Å². The average molecular weight is 345 g/mol. The molecule has 0 saturated heterocycles. The Morgan fingerprint density at radius 2 is 1.90 bits per heavy atom. The summed E-state index contributed by atoms with van der Waals surface area (Å²) in [5, 5.41) is 0. The van der Waals surface area contributed by atoms with Gasteiger partial charge in [0, 0.05) is 12.0 Å². The lowest BCUT2D eigenvalue weighted by atomic mass is 10.1. The third-order valence-electron chi connectivity index (χ3n) is 3.11. The van der Waals surface area contributed by atoms with E-state index in [2.05, 4.69) is 34.7 Å². The van der Waals surface area contributed by atoms with Crippen molar-refractivity contribution < 1.29 is 4.42 Å². The van der Waals surface area contributed by atoms with Gasteiger partial charge in [-0.2, -0.15) is 0 Å². The summed E-state index contributed by atoms with van der Waals surface area (Å²) in [6.07, 6.45) is 3.99. The maximum absolute atomic E-state index is 11.6. The summed E-state index contributed by atoms with van der Waals surface area (Å²) >= 11 is 3.21. The van der Waals surface area contributed by atoms with Gasteiger partial charge in [0.2, 0.25) is 0 Å². The van der Waals surface area contributed by atoms with Crippen LogP contribution in [0.15, 0.2) is 50.1 Å². The molecule has 0 fully saturated rings. The number of hydrogen-bond donors (Lipinski definition) is 0. The monoisotopic (exact) mass is 344 g/mol. The van der Waals surface area contributed by atoms with Crippen molar-refractivity contribution in [1.29, 1.82) is 0 Å². The molecule has 0 spiro atoms. The second kappa shape index (κ2) is 7.85. The Morgan fingerprint density at radius 1 is 1.14 bits per heavy atom. The van der Waals surface area contributed by atoms with Crippen LogP contribution in [0.5, 0.6) is 0 Å². The van der Waals surface area contributed by atoms with Gasteiger partial charge in [-0.05, 0) is 40.5 Å². The van der Waals surface area contributed by atoms with Gasteiger partial charge in [0.25, 0.3) is 0 Å². The number of benzene rings is 1. The molecule has 0 aliphatic carbocycles. The van der Waals surface area contributed by atoms with Crippen LogP contribution >= 0.6 is 15.9 Å². The van der Waals surface area contributed by atoms with Crippen LogP contribution in [0, 0.1) is 11.8 Å². The molecule has 0 saturated carbocycles. The first-order chi connectivity index (χ1) is 10.2. The summed E-state index contributed by atoms with van der Waals surface area (Å²) in [7, 11) is 0. The highest BCUT2D eigenvalue weighted by Crippen LogP contribution is 2.15. The van der Waals surface area contributed by atoms with Crippen LogP contribution in [-0.2, 0) is 6.42 Å². The van der Waals surface area contributed by atoms with Gasteiger partial charge in [-0.25, -0.2) is 4.79 Å². The first kappa shape index (κ1) is 15.6. The van der Waals surface area contributed by atoms with E-state index < -0.39 is 0 Å². The smallest absolute Gasteiger partial charge is 0.350 e. The molecule has 2 rings (SSSR count). The predicted molar refractivity (Wildman–Crippen MR) is 88.3 cm³/mol. The lowest BCUT2D eigenvalue weighted by molar-refractivity contribution is 0.445. The number of hydrogen-bond acceptors (Lipinski definition) is 2. The third kappa shape index (κ3) is 4.61. The summed E-state index contributed by atoms with van der Waals surface area (Å²) in [5.74, 6) is 6.90. The lowest BCUT2D eigenvalue weighted by Gasteiger charge is -2.03. The second-order valence-electron chi connectivity index (χ2n) is 4.79. The molecule has 0 radical (unpaired) electrons. The molecule has 0 amide bonds. The molecule has 0 atom stereocenters. The summed E-state index contributed by atoms with van der Waals surface area (Å²) in [6.45, 7) is 2.15. The van der Waals surface area contributed by atoms with Gasteiger partial charge in [-0.1, -0.05) is 49.8 Å². The first-order valence-electron chi connectivity index (χ1n) is 7.10. The molecular weight excluding hydrogens is 328 g/mol. The van der Waals surface area contributed by atoms with Crippen molar-refractivity contribution in [1.82, 2.24) is 0 Å². The zero-order chi connectivity index (χ0) is 15.1. The van der Waals surface area contributed by atoms with Gasteiger partial charge < -0.3 is 4.42 Å². The van der Waals surface area contributed by atoms with E-state index in [1.54, 1.807) is 6.07 Å². The molecule has 21 heavy (non-hydrogen) atoms. The molecule has 0 unspecified atom stereocenters. The SMILES string of the molecule is CCCCCc1oc(=O)c(Br)cc1C#Cc1ccccc1. The van der Waals surface area contributed by atoms with Crippen LogP contribution in [-0.4, -0.2) is 0 Å². The highest BCUT2D eigenvalue weighted by Gasteiger charge is 2.08. The van der Waals surface area contributed by atoms with E-state index in [1.807, 2.05) is 30.3 Å². The van der Waals surface area contributed by atoms with Crippen LogP contribution in [0.2, 0.25) is 0 Å². The Morgan fingerprint density at radius 3 is 2.62 bits per heavy atom. The molecule has 2 aromatic rings. The quantitative estimate of drug-likeness (QED) is 0.602. The van der Waals surface area contributed by atoms with Crippen LogP contribution < -0.4 is 5.63 Å². The van der Waals surface area contributed by atoms with Gasteiger partial charge in [0.05, 0.1) is 5.56 Å². The Kier molecular flexibility index (Phi) is 5.83. The van der Waals surface area contributed by atoms with E-state index in [1.165, 1.54) is 0 Å². The zero-order valence-corrected chi connectivity index (χ0v) is 13.6. The van der Waals surface area contributed by atoms with Gasteiger partial charge in [0.1, 0.15) is 10.2 Å². The van der Waals surface area contributed by atoms with Crippen LogP contribution in [0.4, 0.5) is 0 Å².